The smallest absolute Gasteiger partial charge is 0.185 e. The molecule has 3 aromatic rings. The quantitative estimate of drug-likeness (QED) is 0.325. The molecule has 0 aliphatic rings. The zero-order valence-electron chi connectivity index (χ0n) is 12.3. The number of rotatable bonds is 5. The van der Waals surface area contributed by atoms with E-state index in [0.717, 1.165) is 29.0 Å². The van der Waals surface area contributed by atoms with Crippen molar-refractivity contribution in [3.8, 4) is 0 Å². The molecular weight excluding hydrogens is 330 g/mol. The zero-order chi connectivity index (χ0) is 16.1. The topological polar surface area (TPSA) is 64.8 Å². The van der Waals surface area contributed by atoms with E-state index in [0.29, 0.717) is 16.7 Å². The second kappa shape index (κ2) is 7.41. The number of nitrogens with one attached hydrogen (secondary N) is 4. The summed E-state index contributed by atoms with van der Waals surface area (Å²) in [5.41, 5.74) is 8.79. The highest BCUT2D eigenvalue weighted by Crippen LogP contribution is 2.19. The second-order valence-corrected chi connectivity index (χ2v) is 5.75. The highest BCUT2D eigenvalue weighted by Gasteiger charge is 2.03. The molecule has 0 saturated heterocycles. The number of hydrazine groups is 1. The van der Waals surface area contributed by atoms with E-state index >= 15 is 0 Å². The van der Waals surface area contributed by atoms with Crippen molar-refractivity contribution in [2.45, 2.75) is 6.42 Å². The van der Waals surface area contributed by atoms with Crippen molar-refractivity contribution in [1.29, 1.82) is 0 Å². The molecular formula is C16H16ClN5S. The van der Waals surface area contributed by atoms with Crippen LogP contribution in [0.15, 0.2) is 48.5 Å². The van der Waals surface area contributed by atoms with Gasteiger partial charge in [-0.3, -0.25) is 5.43 Å². The van der Waals surface area contributed by atoms with Crippen molar-refractivity contribution >= 4 is 45.7 Å². The van der Waals surface area contributed by atoms with Gasteiger partial charge in [-0.2, -0.15) is 0 Å². The molecule has 0 aliphatic heterocycles. The summed E-state index contributed by atoms with van der Waals surface area (Å²) >= 11 is 11.3. The van der Waals surface area contributed by atoms with E-state index in [2.05, 4.69) is 26.1 Å². The molecule has 0 unspecified atom stereocenters. The summed E-state index contributed by atoms with van der Waals surface area (Å²) in [7, 11) is 0. The van der Waals surface area contributed by atoms with Crippen molar-refractivity contribution in [2.24, 2.45) is 0 Å². The third kappa shape index (κ3) is 4.19. The highest BCUT2D eigenvalue weighted by atomic mass is 35.5. The number of halogens is 1. The van der Waals surface area contributed by atoms with E-state index < -0.39 is 0 Å². The van der Waals surface area contributed by atoms with Gasteiger partial charge in [0.05, 0.1) is 21.7 Å². The number of aromatic amines is 1. The van der Waals surface area contributed by atoms with Crippen molar-refractivity contribution in [1.82, 2.24) is 20.8 Å². The Bertz CT molecular complexity index is 784. The molecule has 5 nitrogen and oxygen atoms in total. The minimum absolute atomic E-state index is 0.461. The van der Waals surface area contributed by atoms with Crippen molar-refractivity contribution < 1.29 is 0 Å². The normalized spacial score (nSPS) is 10.7. The molecule has 0 aliphatic carbocycles. The first kappa shape index (κ1) is 15.7. The van der Waals surface area contributed by atoms with Crippen LogP contribution in [0.5, 0.6) is 0 Å². The van der Waals surface area contributed by atoms with Crippen LogP contribution in [-0.2, 0) is 6.42 Å². The van der Waals surface area contributed by atoms with Crippen LogP contribution in [0, 0.1) is 0 Å². The number of aromatic nitrogens is 2. The lowest BCUT2D eigenvalue weighted by molar-refractivity contribution is 0.644. The fraction of sp³-hybridized carbons (Fsp3) is 0.125. The average Bonchev–Trinajstić information content (AvgIpc) is 2.96. The molecule has 1 heterocycles. The molecule has 4 N–H and O–H groups in total. The first-order chi connectivity index (χ1) is 11.2. The van der Waals surface area contributed by atoms with Crippen molar-refractivity contribution in [3.63, 3.8) is 0 Å². The van der Waals surface area contributed by atoms with Gasteiger partial charge in [-0.05, 0) is 36.5 Å². The SMILES string of the molecule is S=C(NNCCc1nc2ccccc2[nH]1)Nc1ccccc1Cl. The fourth-order valence-corrected chi connectivity index (χ4v) is 2.53. The molecule has 7 heteroatoms. The van der Waals surface area contributed by atoms with E-state index in [1.165, 1.54) is 0 Å². The summed E-state index contributed by atoms with van der Waals surface area (Å²) in [5.74, 6) is 0.936. The molecule has 0 spiro atoms. The van der Waals surface area contributed by atoms with Crippen LogP contribution in [-0.4, -0.2) is 21.6 Å². The van der Waals surface area contributed by atoms with Crippen LogP contribution in [0.1, 0.15) is 5.82 Å². The minimum Gasteiger partial charge on any atom is -0.342 e. The lowest BCUT2D eigenvalue weighted by Gasteiger charge is -2.12. The number of benzene rings is 2. The Balaban J connectivity index is 1.44. The summed E-state index contributed by atoms with van der Waals surface area (Å²) in [6.45, 7) is 0.685. The molecule has 0 radical (unpaired) electrons. The van der Waals surface area contributed by atoms with Gasteiger partial charge in [-0.15, -0.1) is 0 Å². The van der Waals surface area contributed by atoms with E-state index in [9.17, 15) is 0 Å². The number of hydrogen-bond donors (Lipinski definition) is 4. The van der Waals surface area contributed by atoms with Crippen LogP contribution in [0.25, 0.3) is 11.0 Å². The standard InChI is InChI=1S/C16H16ClN5S/c17-11-5-1-2-6-12(11)21-16(23)22-18-10-9-15-19-13-7-3-4-8-14(13)20-15/h1-8,18H,9-10H2,(H,19,20)(H2,21,22,23). The number of nitrogens with zero attached hydrogens (tertiary/aromatic N) is 1. The number of imidazole rings is 1. The maximum absolute atomic E-state index is 6.07. The van der Waals surface area contributed by atoms with Crippen LogP contribution in [0.2, 0.25) is 5.02 Å². The number of H-pyrrole nitrogens is 1. The third-order valence-corrected chi connectivity index (χ3v) is 3.78. The van der Waals surface area contributed by atoms with Crippen molar-refractivity contribution in [2.75, 3.05) is 11.9 Å². The Labute approximate surface area is 144 Å². The number of thiocarbonyl (C=S) groups is 1. The van der Waals surface area contributed by atoms with Gasteiger partial charge in [0.2, 0.25) is 0 Å². The van der Waals surface area contributed by atoms with Gasteiger partial charge < -0.3 is 10.3 Å². The van der Waals surface area contributed by atoms with E-state index in [-0.39, 0.29) is 0 Å². The summed E-state index contributed by atoms with van der Waals surface area (Å²) in [5, 5.41) is 4.12. The Morgan fingerprint density at radius 2 is 1.91 bits per heavy atom. The number of hydrogen-bond acceptors (Lipinski definition) is 3. The lowest BCUT2D eigenvalue weighted by atomic mass is 10.3. The molecule has 23 heavy (non-hydrogen) atoms. The Hall–Kier alpha value is -2.15. The first-order valence-electron chi connectivity index (χ1n) is 7.20. The predicted octanol–water partition coefficient (Wildman–Crippen LogP) is 3.25. The number of para-hydroxylation sites is 3. The summed E-state index contributed by atoms with van der Waals surface area (Å²) in [4.78, 5) is 7.81. The molecule has 118 valence electrons. The molecule has 0 amide bonds. The third-order valence-electron chi connectivity index (χ3n) is 3.25. The van der Waals surface area contributed by atoms with Gasteiger partial charge in [0.1, 0.15) is 5.82 Å². The molecule has 2 aromatic carbocycles. The van der Waals surface area contributed by atoms with E-state index in [4.69, 9.17) is 23.8 Å². The monoisotopic (exact) mass is 345 g/mol. The average molecular weight is 346 g/mol. The van der Waals surface area contributed by atoms with Gasteiger partial charge in [0, 0.05) is 13.0 Å². The van der Waals surface area contributed by atoms with Gasteiger partial charge in [-0.1, -0.05) is 35.9 Å². The first-order valence-corrected chi connectivity index (χ1v) is 7.99. The second-order valence-electron chi connectivity index (χ2n) is 4.94. The molecule has 0 bridgehead atoms. The Morgan fingerprint density at radius 3 is 2.74 bits per heavy atom. The Kier molecular flexibility index (Phi) is 5.07. The molecule has 3 rings (SSSR count). The predicted molar refractivity (Wildman–Crippen MR) is 98.6 cm³/mol. The van der Waals surface area contributed by atoms with Crippen molar-refractivity contribution in [3.05, 3.63) is 59.4 Å². The highest BCUT2D eigenvalue weighted by molar-refractivity contribution is 7.80. The van der Waals surface area contributed by atoms with Gasteiger partial charge >= 0.3 is 0 Å². The lowest BCUT2D eigenvalue weighted by Crippen LogP contribution is -2.41. The maximum Gasteiger partial charge on any atom is 0.185 e. The molecule has 0 saturated carbocycles. The zero-order valence-corrected chi connectivity index (χ0v) is 13.8. The molecule has 1 aromatic heterocycles. The van der Waals surface area contributed by atoms with Crippen LogP contribution in [0.4, 0.5) is 5.69 Å². The van der Waals surface area contributed by atoms with Gasteiger partial charge in [0.15, 0.2) is 5.11 Å². The summed E-state index contributed by atoms with van der Waals surface area (Å²) in [6.07, 6.45) is 0.760. The van der Waals surface area contributed by atoms with Gasteiger partial charge in [0.25, 0.3) is 0 Å². The fourth-order valence-electron chi connectivity index (χ4n) is 2.16. The number of fused-ring (bicyclic) bond motifs is 1. The molecule has 0 atom stereocenters. The largest absolute Gasteiger partial charge is 0.342 e. The van der Waals surface area contributed by atoms with Crippen LogP contribution in [0.3, 0.4) is 0 Å². The summed E-state index contributed by atoms with van der Waals surface area (Å²) < 4.78 is 0. The Morgan fingerprint density at radius 1 is 1.13 bits per heavy atom. The van der Waals surface area contributed by atoms with E-state index in [1.807, 2.05) is 48.5 Å². The minimum atomic E-state index is 0.461. The van der Waals surface area contributed by atoms with Gasteiger partial charge in [-0.25, -0.2) is 10.4 Å². The number of anilines is 1. The summed E-state index contributed by atoms with van der Waals surface area (Å²) in [6, 6.07) is 15.4. The maximum atomic E-state index is 6.07. The van der Waals surface area contributed by atoms with Crippen LogP contribution >= 0.6 is 23.8 Å². The van der Waals surface area contributed by atoms with Crippen LogP contribution < -0.4 is 16.2 Å². The molecule has 0 fully saturated rings. The van der Waals surface area contributed by atoms with E-state index in [1.54, 1.807) is 0 Å².